The quantitative estimate of drug-likeness (QED) is 0.765. The first-order chi connectivity index (χ1) is 10.4. The molecule has 120 valence electrons. The van der Waals surface area contributed by atoms with Gasteiger partial charge in [-0.3, -0.25) is 4.68 Å². The van der Waals surface area contributed by atoms with Gasteiger partial charge >= 0.3 is 6.03 Å². The molecule has 2 amide bonds. The summed E-state index contributed by atoms with van der Waals surface area (Å²) in [5.74, 6) is 0.488. The Balaban J connectivity index is 1.84. The van der Waals surface area contributed by atoms with Gasteiger partial charge in [0.2, 0.25) is 0 Å². The standard InChI is InChI=1S/C15H22N4O2S/c1-11(2)8-19-9-12(7-17-19)18-14(20)16-10-15(3,21)13-5-4-6-22-13/h4-7,9,11,21H,8,10H2,1-3H3,(H2,16,18,20). The van der Waals surface area contributed by atoms with Crippen molar-refractivity contribution in [1.29, 1.82) is 0 Å². The van der Waals surface area contributed by atoms with Crippen LogP contribution in [0.5, 0.6) is 0 Å². The fraction of sp³-hybridized carbons (Fsp3) is 0.467. The van der Waals surface area contributed by atoms with Crippen molar-refractivity contribution >= 4 is 23.1 Å². The van der Waals surface area contributed by atoms with Crippen LogP contribution >= 0.6 is 11.3 Å². The molecular weight excluding hydrogens is 300 g/mol. The Morgan fingerprint density at radius 2 is 2.32 bits per heavy atom. The molecule has 0 saturated carbocycles. The van der Waals surface area contributed by atoms with Crippen LogP contribution in [0, 0.1) is 5.92 Å². The molecule has 0 fully saturated rings. The normalized spacial score (nSPS) is 13.9. The number of hydrogen-bond donors (Lipinski definition) is 3. The third kappa shape index (κ3) is 4.57. The molecule has 0 bridgehead atoms. The molecule has 0 aromatic carbocycles. The maximum atomic E-state index is 11.9. The lowest BCUT2D eigenvalue weighted by Crippen LogP contribution is -2.40. The minimum atomic E-state index is -1.08. The molecule has 0 aliphatic heterocycles. The van der Waals surface area contributed by atoms with Gasteiger partial charge in [-0.1, -0.05) is 19.9 Å². The molecule has 3 N–H and O–H groups in total. The van der Waals surface area contributed by atoms with Crippen molar-refractivity contribution < 1.29 is 9.90 Å². The zero-order valence-electron chi connectivity index (χ0n) is 13.0. The number of hydrogen-bond acceptors (Lipinski definition) is 4. The first kappa shape index (κ1) is 16.5. The Bertz CT molecular complexity index is 605. The topological polar surface area (TPSA) is 79.2 Å². The molecule has 1 atom stereocenters. The highest BCUT2D eigenvalue weighted by Crippen LogP contribution is 2.24. The van der Waals surface area contributed by atoms with Crippen molar-refractivity contribution in [2.75, 3.05) is 11.9 Å². The Morgan fingerprint density at radius 3 is 2.95 bits per heavy atom. The number of urea groups is 1. The second-order valence-electron chi connectivity index (χ2n) is 5.90. The average molecular weight is 322 g/mol. The minimum absolute atomic E-state index is 0.138. The largest absolute Gasteiger partial charge is 0.383 e. The van der Waals surface area contributed by atoms with Crippen LogP contribution in [0.25, 0.3) is 0 Å². The first-order valence-corrected chi connectivity index (χ1v) is 8.08. The van der Waals surface area contributed by atoms with E-state index in [2.05, 4.69) is 29.6 Å². The van der Waals surface area contributed by atoms with Crippen LogP contribution in [0.2, 0.25) is 0 Å². The number of nitrogens with one attached hydrogen (secondary N) is 2. The van der Waals surface area contributed by atoms with E-state index in [1.165, 1.54) is 11.3 Å². The third-order valence-corrected chi connectivity index (χ3v) is 4.21. The maximum absolute atomic E-state index is 11.9. The van der Waals surface area contributed by atoms with Gasteiger partial charge in [0.15, 0.2) is 0 Å². The molecule has 1 unspecified atom stereocenters. The highest BCUT2D eigenvalue weighted by molar-refractivity contribution is 7.10. The number of amides is 2. The summed E-state index contributed by atoms with van der Waals surface area (Å²) in [6.45, 7) is 6.83. The van der Waals surface area contributed by atoms with Crippen LogP contribution in [0.15, 0.2) is 29.9 Å². The summed E-state index contributed by atoms with van der Waals surface area (Å²) >= 11 is 1.46. The van der Waals surface area contributed by atoms with Crippen molar-refractivity contribution in [2.45, 2.75) is 32.9 Å². The monoisotopic (exact) mass is 322 g/mol. The molecule has 0 aliphatic carbocycles. The predicted octanol–water partition coefficient (Wildman–Crippen LogP) is 2.63. The van der Waals surface area contributed by atoms with E-state index in [4.69, 9.17) is 0 Å². The molecule has 0 spiro atoms. The molecule has 7 heteroatoms. The van der Waals surface area contributed by atoms with Crippen LogP contribution in [0.1, 0.15) is 25.6 Å². The molecule has 2 aromatic rings. The summed E-state index contributed by atoms with van der Waals surface area (Å²) in [5, 5.41) is 21.8. The number of rotatable bonds is 6. The van der Waals surface area contributed by atoms with Gasteiger partial charge in [-0.05, 0) is 24.3 Å². The fourth-order valence-corrected chi connectivity index (χ4v) is 2.79. The molecule has 2 rings (SSSR count). The number of carbonyl (C=O) groups is 1. The fourth-order valence-electron chi connectivity index (χ4n) is 2.00. The van der Waals surface area contributed by atoms with Gasteiger partial charge in [0, 0.05) is 17.6 Å². The first-order valence-electron chi connectivity index (χ1n) is 7.20. The number of aliphatic hydroxyl groups is 1. The Morgan fingerprint density at radius 1 is 1.55 bits per heavy atom. The van der Waals surface area contributed by atoms with Gasteiger partial charge in [-0.2, -0.15) is 5.10 Å². The molecule has 0 saturated heterocycles. The van der Waals surface area contributed by atoms with Crippen LogP contribution in [0.4, 0.5) is 10.5 Å². The second kappa shape index (κ2) is 6.93. The maximum Gasteiger partial charge on any atom is 0.319 e. The van der Waals surface area contributed by atoms with Gasteiger partial charge in [0.1, 0.15) is 5.60 Å². The van der Waals surface area contributed by atoms with Crippen LogP contribution in [-0.2, 0) is 12.1 Å². The van der Waals surface area contributed by atoms with Crippen LogP contribution < -0.4 is 10.6 Å². The van der Waals surface area contributed by atoms with Crippen LogP contribution in [0.3, 0.4) is 0 Å². The zero-order chi connectivity index (χ0) is 16.2. The molecule has 22 heavy (non-hydrogen) atoms. The third-order valence-electron chi connectivity index (χ3n) is 3.09. The smallest absolute Gasteiger partial charge is 0.319 e. The van der Waals surface area contributed by atoms with Crippen molar-refractivity contribution in [1.82, 2.24) is 15.1 Å². The van der Waals surface area contributed by atoms with Crippen molar-refractivity contribution in [3.05, 3.63) is 34.8 Å². The molecular formula is C15H22N4O2S. The van der Waals surface area contributed by atoms with E-state index in [0.29, 0.717) is 11.6 Å². The van der Waals surface area contributed by atoms with Crippen molar-refractivity contribution in [3.8, 4) is 0 Å². The number of nitrogens with zero attached hydrogens (tertiary/aromatic N) is 2. The van der Waals surface area contributed by atoms with Crippen molar-refractivity contribution in [3.63, 3.8) is 0 Å². The molecule has 2 aromatic heterocycles. The lowest BCUT2D eigenvalue weighted by molar-refractivity contribution is 0.0637. The van der Waals surface area contributed by atoms with E-state index in [0.717, 1.165) is 11.4 Å². The minimum Gasteiger partial charge on any atom is -0.383 e. The summed E-state index contributed by atoms with van der Waals surface area (Å²) < 4.78 is 1.79. The van der Waals surface area contributed by atoms with Crippen molar-refractivity contribution in [2.24, 2.45) is 5.92 Å². The van der Waals surface area contributed by atoms with Gasteiger partial charge in [-0.15, -0.1) is 11.3 Å². The molecule has 6 nitrogen and oxygen atoms in total. The number of carbonyl (C=O) groups excluding carboxylic acids is 1. The zero-order valence-corrected chi connectivity index (χ0v) is 13.9. The second-order valence-corrected chi connectivity index (χ2v) is 6.85. The Kier molecular flexibility index (Phi) is 5.20. The van der Waals surface area contributed by atoms with Gasteiger partial charge in [-0.25, -0.2) is 4.79 Å². The highest BCUT2D eigenvalue weighted by Gasteiger charge is 2.24. The van der Waals surface area contributed by atoms with E-state index >= 15 is 0 Å². The molecule has 2 heterocycles. The summed E-state index contributed by atoms with van der Waals surface area (Å²) in [6.07, 6.45) is 3.40. The van der Waals surface area contributed by atoms with E-state index < -0.39 is 5.60 Å². The highest BCUT2D eigenvalue weighted by atomic mass is 32.1. The lowest BCUT2D eigenvalue weighted by Gasteiger charge is -2.22. The Hall–Kier alpha value is -1.86. The number of anilines is 1. The average Bonchev–Trinajstić information content (AvgIpc) is 3.08. The molecule has 0 radical (unpaired) electrons. The van der Waals surface area contributed by atoms with Gasteiger partial charge in [0.25, 0.3) is 0 Å². The number of aromatic nitrogens is 2. The predicted molar refractivity (Wildman–Crippen MR) is 88.0 cm³/mol. The van der Waals surface area contributed by atoms with Gasteiger partial charge in [0.05, 0.1) is 18.4 Å². The van der Waals surface area contributed by atoms with Gasteiger partial charge < -0.3 is 15.7 Å². The number of thiophene rings is 1. The molecule has 0 aliphatic rings. The van der Waals surface area contributed by atoms with E-state index in [9.17, 15) is 9.90 Å². The van der Waals surface area contributed by atoms with E-state index in [1.54, 1.807) is 24.0 Å². The SMILES string of the molecule is CC(C)Cn1cc(NC(=O)NCC(C)(O)c2cccs2)cn1. The summed E-state index contributed by atoms with van der Waals surface area (Å²) in [5.41, 5.74) is -0.443. The summed E-state index contributed by atoms with van der Waals surface area (Å²) in [4.78, 5) is 12.7. The van der Waals surface area contributed by atoms with E-state index in [-0.39, 0.29) is 12.6 Å². The Labute approximate surface area is 134 Å². The lowest BCUT2D eigenvalue weighted by atomic mass is 10.1. The summed E-state index contributed by atoms with van der Waals surface area (Å²) in [7, 11) is 0. The summed E-state index contributed by atoms with van der Waals surface area (Å²) in [6, 6.07) is 3.36. The van der Waals surface area contributed by atoms with Crippen LogP contribution in [-0.4, -0.2) is 27.5 Å². The van der Waals surface area contributed by atoms with E-state index in [1.807, 2.05) is 17.5 Å².